The van der Waals surface area contributed by atoms with Gasteiger partial charge in [-0.3, -0.25) is 4.68 Å². The Bertz CT molecular complexity index is 353. The summed E-state index contributed by atoms with van der Waals surface area (Å²) in [5.41, 5.74) is 1.00. The molecule has 0 aliphatic heterocycles. The molecule has 0 aliphatic rings. The van der Waals surface area contributed by atoms with Crippen molar-refractivity contribution in [3.05, 3.63) is 11.9 Å². The topological polar surface area (TPSA) is 55.2 Å². The fourth-order valence-corrected chi connectivity index (χ4v) is 1.75. The molecule has 0 saturated carbocycles. The van der Waals surface area contributed by atoms with Crippen molar-refractivity contribution in [1.82, 2.24) is 25.2 Å². The van der Waals surface area contributed by atoms with Crippen LogP contribution in [0.15, 0.2) is 6.20 Å². The molecule has 6 heteroatoms. The van der Waals surface area contributed by atoms with Crippen LogP contribution in [-0.2, 0) is 17.8 Å². The molecule has 1 heterocycles. The van der Waals surface area contributed by atoms with Crippen LogP contribution in [0.2, 0.25) is 0 Å². The molecule has 20 heavy (non-hydrogen) atoms. The number of hydrogen-bond acceptors (Lipinski definition) is 5. The van der Waals surface area contributed by atoms with Gasteiger partial charge in [0.05, 0.1) is 24.9 Å². The number of likely N-dealkylation sites (N-methyl/N-ethyl adjacent to an activating group) is 1. The third-order valence-electron chi connectivity index (χ3n) is 2.95. The van der Waals surface area contributed by atoms with Crippen LogP contribution < -0.4 is 5.32 Å². The van der Waals surface area contributed by atoms with Crippen molar-refractivity contribution in [2.24, 2.45) is 0 Å². The summed E-state index contributed by atoms with van der Waals surface area (Å²) in [6, 6.07) is 0. The predicted molar refractivity (Wildman–Crippen MR) is 80.6 cm³/mol. The molecule has 0 bridgehead atoms. The summed E-state index contributed by atoms with van der Waals surface area (Å²) >= 11 is 0. The first-order valence-corrected chi connectivity index (χ1v) is 7.51. The van der Waals surface area contributed by atoms with Gasteiger partial charge < -0.3 is 15.0 Å². The molecule has 0 saturated heterocycles. The van der Waals surface area contributed by atoms with Gasteiger partial charge in [0, 0.05) is 25.8 Å². The zero-order valence-corrected chi connectivity index (χ0v) is 13.3. The van der Waals surface area contributed by atoms with Crippen LogP contribution in [0, 0.1) is 0 Å². The van der Waals surface area contributed by atoms with Gasteiger partial charge in [-0.05, 0) is 33.9 Å². The van der Waals surface area contributed by atoms with Crippen LogP contribution in [0.4, 0.5) is 0 Å². The van der Waals surface area contributed by atoms with E-state index in [1.54, 1.807) is 0 Å². The number of ether oxygens (including phenoxy) is 1. The lowest BCUT2D eigenvalue weighted by molar-refractivity contribution is 0.0631. The van der Waals surface area contributed by atoms with Crippen molar-refractivity contribution >= 4 is 0 Å². The van der Waals surface area contributed by atoms with E-state index in [9.17, 15) is 0 Å². The van der Waals surface area contributed by atoms with Gasteiger partial charge in [-0.2, -0.15) is 0 Å². The molecule has 116 valence electrons. The predicted octanol–water partition coefficient (Wildman–Crippen LogP) is 1.13. The molecule has 1 aromatic rings. The maximum Gasteiger partial charge on any atom is 0.0964 e. The second-order valence-corrected chi connectivity index (χ2v) is 5.37. The average Bonchev–Trinajstić information content (AvgIpc) is 2.84. The average molecular weight is 283 g/mol. The van der Waals surface area contributed by atoms with Crippen molar-refractivity contribution in [3.8, 4) is 0 Å². The molecule has 0 aromatic carbocycles. The third-order valence-corrected chi connectivity index (χ3v) is 2.95. The molecule has 0 fully saturated rings. The molecular formula is C14H29N5O. The zero-order valence-electron chi connectivity index (χ0n) is 13.3. The SMILES string of the molecule is CCCNCc1cn(CCN(C)CCOC(C)C)nn1. The van der Waals surface area contributed by atoms with Crippen molar-refractivity contribution in [2.75, 3.05) is 33.3 Å². The highest BCUT2D eigenvalue weighted by molar-refractivity contribution is 4.91. The van der Waals surface area contributed by atoms with Gasteiger partial charge in [0.2, 0.25) is 0 Å². The summed E-state index contributed by atoms with van der Waals surface area (Å²) in [5.74, 6) is 0. The van der Waals surface area contributed by atoms with Crippen LogP contribution in [0.5, 0.6) is 0 Å². The molecule has 1 N–H and O–H groups in total. The van der Waals surface area contributed by atoms with Crippen LogP contribution in [0.1, 0.15) is 32.9 Å². The molecule has 0 aliphatic carbocycles. The van der Waals surface area contributed by atoms with Gasteiger partial charge in [-0.15, -0.1) is 5.10 Å². The number of aromatic nitrogens is 3. The van der Waals surface area contributed by atoms with Gasteiger partial charge in [0.25, 0.3) is 0 Å². The first kappa shape index (κ1) is 17.1. The van der Waals surface area contributed by atoms with Crippen molar-refractivity contribution < 1.29 is 4.74 Å². The standard InChI is InChI=1S/C14H29N5O/c1-5-6-15-11-14-12-19(17-16-14)8-7-18(4)9-10-20-13(2)3/h12-13,15H,5-11H2,1-4H3. The van der Waals surface area contributed by atoms with Crippen molar-refractivity contribution in [3.63, 3.8) is 0 Å². The van der Waals surface area contributed by atoms with Crippen molar-refractivity contribution in [1.29, 1.82) is 0 Å². The zero-order chi connectivity index (χ0) is 14.8. The highest BCUT2D eigenvalue weighted by atomic mass is 16.5. The van der Waals surface area contributed by atoms with E-state index >= 15 is 0 Å². The van der Waals surface area contributed by atoms with Gasteiger partial charge in [0.1, 0.15) is 0 Å². The Kier molecular flexibility index (Phi) is 8.41. The lowest BCUT2D eigenvalue weighted by Crippen LogP contribution is -2.28. The Balaban J connectivity index is 2.17. The minimum Gasteiger partial charge on any atom is -0.377 e. The number of nitrogens with one attached hydrogen (secondary N) is 1. The van der Waals surface area contributed by atoms with Gasteiger partial charge >= 0.3 is 0 Å². The van der Waals surface area contributed by atoms with Crippen molar-refractivity contribution in [2.45, 2.75) is 46.4 Å². The smallest absolute Gasteiger partial charge is 0.0964 e. The molecule has 0 radical (unpaired) electrons. The molecule has 6 nitrogen and oxygen atoms in total. The quantitative estimate of drug-likeness (QED) is 0.617. The summed E-state index contributed by atoms with van der Waals surface area (Å²) in [4.78, 5) is 2.25. The van der Waals surface area contributed by atoms with Crippen LogP contribution >= 0.6 is 0 Å². The molecule has 0 atom stereocenters. The highest BCUT2D eigenvalue weighted by Gasteiger charge is 2.03. The fourth-order valence-electron chi connectivity index (χ4n) is 1.75. The monoisotopic (exact) mass is 283 g/mol. The lowest BCUT2D eigenvalue weighted by atomic mass is 10.4. The number of hydrogen-bond donors (Lipinski definition) is 1. The maximum absolute atomic E-state index is 5.54. The molecule has 1 rings (SSSR count). The van der Waals surface area contributed by atoms with E-state index < -0.39 is 0 Å². The van der Waals surface area contributed by atoms with Gasteiger partial charge in [-0.25, -0.2) is 0 Å². The molecule has 0 spiro atoms. The summed E-state index contributed by atoms with van der Waals surface area (Å²) in [6.45, 7) is 11.6. The van der Waals surface area contributed by atoms with Crippen LogP contribution in [0.25, 0.3) is 0 Å². The molecule has 0 unspecified atom stereocenters. The third kappa shape index (κ3) is 7.57. The minimum atomic E-state index is 0.303. The summed E-state index contributed by atoms with van der Waals surface area (Å²) in [5, 5.41) is 11.6. The van der Waals surface area contributed by atoms with E-state index in [1.807, 2.05) is 10.9 Å². The Morgan fingerprint density at radius 1 is 1.40 bits per heavy atom. The second kappa shape index (κ2) is 9.85. The van der Waals surface area contributed by atoms with E-state index in [4.69, 9.17) is 4.74 Å². The summed E-state index contributed by atoms with van der Waals surface area (Å²) in [6.07, 6.45) is 3.45. The lowest BCUT2D eigenvalue weighted by Gasteiger charge is -2.17. The Morgan fingerprint density at radius 2 is 2.20 bits per heavy atom. The largest absolute Gasteiger partial charge is 0.377 e. The first-order chi connectivity index (χ1) is 9.61. The fraction of sp³-hybridized carbons (Fsp3) is 0.857. The van der Waals surface area contributed by atoms with E-state index in [0.717, 1.165) is 51.4 Å². The summed E-state index contributed by atoms with van der Waals surface area (Å²) in [7, 11) is 2.10. The second-order valence-electron chi connectivity index (χ2n) is 5.37. The van der Waals surface area contributed by atoms with E-state index in [-0.39, 0.29) is 0 Å². The Hall–Kier alpha value is -0.980. The normalized spacial score (nSPS) is 11.7. The van der Waals surface area contributed by atoms with Gasteiger partial charge in [-0.1, -0.05) is 12.1 Å². The van der Waals surface area contributed by atoms with E-state index in [2.05, 4.69) is 48.3 Å². The van der Waals surface area contributed by atoms with Crippen LogP contribution in [-0.4, -0.2) is 59.3 Å². The Morgan fingerprint density at radius 3 is 2.90 bits per heavy atom. The molecular weight excluding hydrogens is 254 g/mol. The number of rotatable bonds is 11. The van der Waals surface area contributed by atoms with Gasteiger partial charge in [0.15, 0.2) is 0 Å². The highest BCUT2D eigenvalue weighted by Crippen LogP contribution is 1.95. The molecule has 0 amide bonds. The van der Waals surface area contributed by atoms with Crippen LogP contribution in [0.3, 0.4) is 0 Å². The number of nitrogens with zero attached hydrogens (tertiary/aromatic N) is 4. The Labute approximate surface area is 122 Å². The van der Waals surface area contributed by atoms with E-state index in [0.29, 0.717) is 6.10 Å². The molecule has 1 aromatic heterocycles. The summed E-state index contributed by atoms with van der Waals surface area (Å²) < 4.78 is 7.44. The first-order valence-electron chi connectivity index (χ1n) is 7.51. The minimum absolute atomic E-state index is 0.303. The van der Waals surface area contributed by atoms with E-state index in [1.165, 1.54) is 0 Å². The maximum atomic E-state index is 5.54.